The monoisotopic (exact) mass is 342 g/mol. The summed E-state index contributed by atoms with van der Waals surface area (Å²) in [6.45, 7) is 4.21. The Hall–Kier alpha value is -1.98. The number of benzene rings is 1. The van der Waals surface area contributed by atoms with Gasteiger partial charge in [0, 0.05) is 16.3 Å². The number of thiazole rings is 1. The van der Waals surface area contributed by atoms with Gasteiger partial charge in [-0.05, 0) is 22.9 Å². The summed E-state index contributed by atoms with van der Waals surface area (Å²) in [6, 6.07) is 12.1. The zero-order valence-corrected chi connectivity index (χ0v) is 14.7. The van der Waals surface area contributed by atoms with Crippen LogP contribution in [0.4, 0.5) is 0 Å². The lowest BCUT2D eigenvalue weighted by Crippen LogP contribution is -2.31. The maximum Gasteiger partial charge on any atom is 0.271 e. The number of rotatable bonds is 5. The molecule has 0 aliphatic carbocycles. The number of hydrogen-bond donors (Lipinski definition) is 1. The normalized spacial score (nSPS) is 12.3. The van der Waals surface area contributed by atoms with E-state index in [4.69, 9.17) is 0 Å². The van der Waals surface area contributed by atoms with Gasteiger partial charge < -0.3 is 5.32 Å². The molecule has 0 bridgehead atoms. The fraction of sp³-hybridized carbons (Fsp3) is 0.222. The van der Waals surface area contributed by atoms with E-state index < -0.39 is 0 Å². The summed E-state index contributed by atoms with van der Waals surface area (Å²) in [5.41, 5.74) is 2.67. The maximum absolute atomic E-state index is 12.6. The minimum atomic E-state index is -0.120. The van der Waals surface area contributed by atoms with Crippen molar-refractivity contribution in [1.29, 1.82) is 0 Å². The lowest BCUT2D eigenvalue weighted by molar-refractivity contribution is 0.0921. The summed E-state index contributed by atoms with van der Waals surface area (Å²) in [5, 5.41) is 9.88. The van der Waals surface area contributed by atoms with Crippen LogP contribution in [-0.2, 0) is 0 Å². The zero-order valence-electron chi connectivity index (χ0n) is 13.0. The van der Waals surface area contributed by atoms with Crippen LogP contribution in [-0.4, -0.2) is 10.9 Å². The molecule has 23 heavy (non-hydrogen) atoms. The predicted molar refractivity (Wildman–Crippen MR) is 96.9 cm³/mol. The predicted octanol–water partition coefficient (Wildman–Crippen LogP) is 5.00. The van der Waals surface area contributed by atoms with E-state index in [-0.39, 0.29) is 11.9 Å². The van der Waals surface area contributed by atoms with Crippen LogP contribution < -0.4 is 5.32 Å². The maximum atomic E-state index is 12.6. The number of thiophene rings is 1. The Morgan fingerprint density at radius 3 is 2.57 bits per heavy atom. The van der Waals surface area contributed by atoms with Gasteiger partial charge in [-0.2, -0.15) is 11.3 Å². The first-order valence-electron chi connectivity index (χ1n) is 7.49. The number of aromatic nitrogens is 1. The van der Waals surface area contributed by atoms with E-state index in [1.54, 1.807) is 11.3 Å². The second-order valence-corrected chi connectivity index (χ2v) is 7.29. The van der Waals surface area contributed by atoms with E-state index >= 15 is 0 Å². The van der Waals surface area contributed by atoms with Gasteiger partial charge in [0.25, 0.3) is 5.91 Å². The van der Waals surface area contributed by atoms with Gasteiger partial charge in [-0.1, -0.05) is 44.2 Å². The molecule has 0 aliphatic rings. The van der Waals surface area contributed by atoms with Crippen LogP contribution in [0.2, 0.25) is 0 Å². The molecule has 1 aromatic carbocycles. The van der Waals surface area contributed by atoms with Crippen molar-refractivity contribution in [2.45, 2.75) is 19.9 Å². The molecule has 0 spiro atoms. The Balaban J connectivity index is 1.77. The Bertz CT molecular complexity index is 763. The zero-order chi connectivity index (χ0) is 16.2. The molecule has 1 N–H and O–H groups in total. The van der Waals surface area contributed by atoms with Crippen LogP contribution in [0.25, 0.3) is 10.6 Å². The average molecular weight is 342 g/mol. The first-order chi connectivity index (χ1) is 11.1. The Labute approximate surface area is 144 Å². The molecule has 2 aromatic heterocycles. The molecule has 0 aliphatic heterocycles. The number of nitrogens with zero attached hydrogens (tertiary/aromatic N) is 1. The second-order valence-electron chi connectivity index (χ2n) is 5.66. The number of amides is 1. The molecule has 118 valence electrons. The van der Waals surface area contributed by atoms with Crippen molar-refractivity contribution < 1.29 is 4.79 Å². The highest BCUT2D eigenvalue weighted by Crippen LogP contribution is 2.26. The molecule has 3 aromatic rings. The van der Waals surface area contributed by atoms with Crippen LogP contribution in [0.5, 0.6) is 0 Å². The van der Waals surface area contributed by atoms with E-state index in [0.717, 1.165) is 16.1 Å². The van der Waals surface area contributed by atoms with Crippen molar-refractivity contribution >= 4 is 28.6 Å². The summed E-state index contributed by atoms with van der Waals surface area (Å²) in [4.78, 5) is 17.0. The van der Waals surface area contributed by atoms with E-state index in [2.05, 4.69) is 24.1 Å². The Kier molecular flexibility index (Phi) is 4.88. The summed E-state index contributed by atoms with van der Waals surface area (Å²) in [7, 11) is 0. The number of nitrogens with one attached hydrogen (secondary N) is 1. The highest BCUT2D eigenvalue weighted by Gasteiger charge is 2.20. The van der Waals surface area contributed by atoms with Crippen molar-refractivity contribution in [2.75, 3.05) is 0 Å². The highest BCUT2D eigenvalue weighted by atomic mass is 32.1. The first-order valence-corrected chi connectivity index (χ1v) is 9.31. The molecule has 3 rings (SSSR count). The fourth-order valence-electron chi connectivity index (χ4n) is 2.41. The minimum Gasteiger partial charge on any atom is -0.344 e. The molecule has 0 saturated carbocycles. The van der Waals surface area contributed by atoms with E-state index in [1.807, 2.05) is 52.5 Å². The summed E-state index contributed by atoms with van der Waals surface area (Å²) in [5.74, 6) is 0.182. The molecule has 2 heterocycles. The van der Waals surface area contributed by atoms with Crippen molar-refractivity contribution in [2.24, 2.45) is 5.92 Å². The van der Waals surface area contributed by atoms with Crippen LogP contribution in [0.1, 0.15) is 35.9 Å². The van der Waals surface area contributed by atoms with E-state index in [0.29, 0.717) is 11.6 Å². The van der Waals surface area contributed by atoms with Gasteiger partial charge in [0.2, 0.25) is 0 Å². The van der Waals surface area contributed by atoms with Crippen LogP contribution >= 0.6 is 22.7 Å². The standard InChI is InChI=1S/C18H18N2OS2/c1-12(2)16(13-6-4-3-5-7-13)20-17(21)15-11-23-18(19-15)14-8-9-22-10-14/h3-12,16H,1-2H3,(H,20,21). The van der Waals surface area contributed by atoms with Crippen molar-refractivity contribution in [1.82, 2.24) is 10.3 Å². The van der Waals surface area contributed by atoms with Gasteiger partial charge in [-0.25, -0.2) is 4.98 Å². The van der Waals surface area contributed by atoms with Crippen molar-refractivity contribution in [3.63, 3.8) is 0 Å². The van der Waals surface area contributed by atoms with Gasteiger partial charge >= 0.3 is 0 Å². The topological polar surface area (TPSA) is 42.0 Å². The number of hydrogen-bond acceptors (Lipinski definition) is 4. The fourth-order valence-corrected chi connectivity index (χ4v) is 3.92. The first kappa shape index (κ1) is 15.9. The van der Waals surface area contributed by atoms with Crippen LogP contribution in [0.3, 0.4) is 0 Å². The van der Waals surface area contributed by atoms with E-state index in [9.17, 15) is 4.79 Å². The largest absolute Gasteiger partial charge is 0.344 e. The molecule has 0 radical (unpaired) electrons. The second kappa shape index (κ2) is 7.06. The lowest BCUT2D eigenvalue weighted by Gasteiger charge is -2.22. The smallest absolute Gasteiger partial charge is 0.271 e. The van der Waals surface area contributed by atoms with Crippen molar-refractivity contribution in [3.05, 3.63) is 63.8 Å². The third-order valence-electron chi connectivity index (χ3n) is 3.62. The molecular formula is C18H18N2OS2. The molecule has 0 saturated heterocycles. The van der Waals surface area contributed by atoms with Crippen LogP contribution in [0, 0.1) is 5.92 Å². The quantitative estimate of drug-likeness (QED) is 0.709. The molecule has 1 unspecified atom stereocenters. The van der Waals surface area contributed by atoms with Gasteiger partial charge in [-0.15, -0.1) is 11.3 Å². The van der Waals surface area contributed by atoms with Gasteiger partial charge in [0.1, 0.15) is 10.7 Å². The van der Waals surface area contributed by atoms with Gasteiger partial charge in [-0.3, -0.25) is 4.79 Å². The average Bonchev–Trinajstić information content (AvgIpc) is 3.23. The Morgan fingerprint density at radius 2 is 1.91 bits per heavy atom. The summed E-state index contributed by atoms with van der Waals surface area (Å²) < 4.78 is 0. The number of carbonyl (C=O) groups is 1. The number of carbonyl (C=O) groups excluding carboxylic acids is 1. The third-order valence-corrected chi connectivity index (χ3v) is 5.19. The Morgan fingerprint density at radius 1 is 1.13 bits per heavy atom. The van der Waals surface area contributed by atoms with Gasteiger partial charge in [0.15, 0.2) is 0 Å². The molecule has 0 fully saturated rings. The van der Waals surface area contributed by atoms with Crippen molar-refractivity contribution in [3.8, 4) is 10.6 Å². The molecule has 1 atom stereocenters. The van der Waals surface area contributed by atoms with E-state index in [1.165, 1.54) is 11.3 Å². The highest BCUT2D eigenvalue weighted by molar-refractivity contribution is 7.14. The minimum absolute atomic E-state index is 0.0185. The molecular weight excluding hydrogens is 324 g/mol. The SMILES string of the molecule is CC(C)C(NC(=O)c1csc(-c2ccsc2)n1)c1ccccc1. The third kappa shape index (κ3) is 3.68. The van der Waals surface area contributed by atoms with Gasteiger partial charge in [0.05, 0.1) is 6.04 Å². The molecule has 5 heteroatoms. The van der Waals surface area contributed by atoms with Crippen LogP contribution in [0.15, 0.2) is 52.5 Å². The molecule has 1 amide bonds. The molecule has 3 nitrogen and oxygen atoms in total. The summed E-state index contributed by atoms with van der Waals surface area (Å²) in [6.07, 6.45) is 0. The summed E-state index contributed by atoms with van der Waals surface area (Å²) >= 11 is 3.13. The lowest BCUT2D eigenvalue weighted by atomic mass is 9.96.